The normalized spacial score (nSPS) is 16.5. The van der Waals surface area contributed by atoms with Crippen LogP contribution < -0.4 is 20.1 Å². The fourth-order valence-electron chi connectivity index (χ4n) is 3.61. The molecule has 2 N–H and O–H groups in total. The first kappa shape index (κ1) is 26.8. The number of halogens is 1. The van der Waals surface area contributed by atoms with Crippen LogP contribution in [0.1, 0.15) is 38.3 Å². The van der Waals surface area contributed by atoms with Gasteiger partial charge in [-0.3, -0.25) is 4.99 Å². The van der Waals surface area contributed by atoms with Crippen molar-refractivity contribution in [1.29, 1.82) is 0 Å². The molecule has 1 aliphatic rings. The predicted molar refractivity (Wildman–Crippen MR) is 134 cm³/mol. The number of hydrogen-bond donors (Lipinski definition) is 2. The van der Waals surface area contributed by atoms with Crippen molar-refractivity contribution >= 4 is 29.9 Å². The Bertz CT molecular complexity index is 637. The zero-order valence-electron chi connectivity index (χ0n) is 19.1. The fourth-order valence-corrected chi connectivity index (χ4v) is 3.61. The predicted octanol–water partition coefficient (Wildman–Crippen LogP) is 3.30. The van der Waals surface area contributed by atoms with Gasteiger partial charge in [0, 0.05) is 32.3 Å². The maximum Gasteiger partial charge on any atom is 0.191 e. The number of methoxy groups -OCH3 is 3. The molecule has 172 valence electrons. The molecule has 7 nitrogen and oxygen atoms in total. The fraction of sp³-hybridized carbons (Fsp3) is 0.682. The highest BCUT2D eigenvalue weighted by molar-refractivity contribution is 14.0. The Kier molecular flexibility index (Phi) is 13.1. The van der Waals surface area contributed by atoms with Crippen molar-refractivity contribution in [1.82, 2.24) is 15.5 Å². The molecule has 0 spiro atoms. The van der Waals surface area contributed by atoms with Gasteiger partial charge in [-0.05, 0) is 63.9 Å². The van der Waals surface area contributed by atoms with Gasteiger partial charge in [-0.15, -0.1) is 24.0 Å². The lowest BCUT2D eigenvalue weighted by Crippen LogP contribution is -2.40. The Labute approximate surface area is 199 Å². The minimum atomic E-state index is 0. The second-order valence-electron chi connectivity index (χ2n) is 7.47. The quantitative estimate of drug-likeness (QED) is 0.273. The number of rotatable bonds is 10. The zero-order chi connectivity index (χ0) is 21.1. The number of likely N-dealkylation sites (tertiary alicyclic amines) is 1. The minimum absolute atomic E-state index is 0. The Morgan fingerprint density at radius 3 is 2.53 bits per heavy atom. The van der Waals surface area contributed by atoms with E-state index in [-0.39, 0.29) is 30.0 Å². The maximum absolute atomic E-state index is 5.53. The molecule has 0 bridgehead atoms. The molecule has 1 saturated heterocycles. The van der Waals surface area contributed by atoms with Crippen molar-refractivity contribution in [3.05, 3.63) is 23.8 Å². The lowest BCUT2D eigenvalue weighted by molar-refractivity contribution is 0.121. The number of ether oxygens (including phenoxy) is 3. The molecule has 1 atom stereocenters. The average Bonchev–Trinajstić information content (AvgIpc) is 2.76. The van der Waals surface area contributed by atoms with E-state index in [1.165, 1.54) is 12.8 Å². The molecule has 1 fully saturated rings. The molecule has 8 heteroatoms. The highest BCUT2D eigenvalue weighted by atomic mass is 127. The highest BCUT2D eigenvalue weighted by Gasteiger charge is 2.19. The van der Waals surface area contributed by atoms with Crippen LogP contribution in [0.5, 0.6) is 11.5 Å². The number of nitrogens with one attached hydrogen (secondary N) is 2. The molecule has 0 aromatic heterocycles. The van der Waals surface area contributed by atoms with Crippen LogP contribution in [0.25, 0.3) is 0 Å². The Morgan fingerprint density at radius 2 is 1.93 bits per heavy atom. The van der Waals surface area contributed by atoms with E-state index < -0.39 is 0 Å². The van der Waals surface area contributed by atoms with E-state index in [9.17, 15) is 0 Å². The molecule has 0 radical (unpaired) electrons. The number of guanidine groups is 1. The molecule has 1 unspecified atom stereocenters. The van der Waals surface area contributed by atoms with Gasteiger partial charge >= 0.3 is 0 Å². The number of benzene rings is 1. The van der Waals surface area contributed by atoms with Crippen LogP contribution in [0.3, 0.4) is 0 Å². The van der Waals surface area contributed by atoms with E-state index in [1.807, 2.05) is 18.2 Å². The lowest BCUT2D eigenvalue weighted by atomic mass is 9.97. The average molecular weight is 534 g/mol. The second kappa shape index (κ2) is 14.7. The molecule has 1 aromatic carbocycles. The molecule has 1 aliphatic heterocycles. The van der Waals surface area contributed by atoms with Crippen molar-refractivity contribution < 1.29 is 14.2 Å². The van der Waals surface area contributed by atoms with Crippen molar-refractivity contribution in [3.63, 3.8) is 0 Å². The molecule has 2 rings (SSSR count). The minimum Gasteiger partial charge on any atom is -0.497 e. The van der Waals surface area contributed by atoms with Gasteiger partial charge in [0.2, 0.25) is 0 Å². The van der Waals surface area contributed by atoms with Crippen molar-refractivity contribution in [2.75, 3.05) is 60.7 Å². The van der Waals surface area contributed by atoms with Gasteiger partial charge < -0.3 is 29.7 Å². The number of nitrogens with zero attached hydrogens (tertiary/aromatic N) is 2. The molecule has 0 aliphatic carbocycles. The summed E-state index contributed by atoms with van der Waals surface area (Å²) in [5.41, 5.74) is 1.05. The van der Waals surface area contributed by atoms with Crippen molar-refractivity contribution in [2.45, 2.75) is 32.7 Å². The lowest BCUT2D eigenvalue weighted by Gasteiger charge is -2.31. The van der Waals surface area contributed by atoms with E-state index in [4.69, 9.17) is 19.2 Å². The van der Waals surface area contributed by atoms with Gasteiger partial charge in [-0.1, -0.05) is 0 Å². The maximum atomic E-state index is 5.53. The Hall–Kier alpha value is -1.26. The van der Waals surface area contributed by atoms with Crippen LogP contribution in [-0.4, -0.2) is 71.5 Å². The molecule has 0 amide bonds. The molecule has 30 heavy (non-hydrogen) atoms. The summed E-state index contributed by atoms with van der Waals surface area (Å²) in [6.45, 7) is 9.95. The third-order valence-corrected chi connectivity index (χ3v) is 5.43. The summed E-state index contributed by atoms with van der Waals surface area (Å²) < 4.78 is 16.1. The topological polar surface area (TPSA) is 67.4 Å². The van der Waals surface area contributed by atoms with Gasteiger partial charge in [0.25, 0.3) is 0 Å². The van der Waals surface area contributed by atoms with E-state index >= 15 is 0 Å². The summed E-state index contributed by atoms with van der Waals surface area (Å²) in [6, 6.07) is 5.89. The summed E-state index contributed by atoms with van der Waals surface area (Å²) in [7, 11) is 5.13. The van der Waals surface area contributed by atoms with E-state index in [0.29, 0.717) is 5.92 Å². The van der Waals surface area contributed by atoms with Gasteiger partial charge in [0.1, 0.15) is 11.5 Å². The summed E-state index contributed by atoms with van der Waals surface area (Å²) in [4.78, 5) is 7.34. The van der Waals surface area contributed by atoms with Gasteiger partial charge in [0.05, 0.1) is 26.9 Å². The summed E-state index contributed by atoms with van der Waals surface area (Å²) >= 11 is 0. The SMILES string of the molecule is CCNC(=NCC1CCN(CCOC)CC1)NC(C)c1cc(OC)ccc1OC.I. The second-order valence-corrected chi connectivity index (χ2v) is 7.47. The van der Waals surface area contributed by atoms with E-state index in [2.05, 4.69) is 29.4 Å². The van der Waals surface area contributed by atoms with Crippen LogP contribution in [0.4, 0.5) is 0 Å². The molecule has 1 aromatic rings. The Morgan fingerprint density at radius 1 is 1.20 bits per heavy atom. The monoisotopic (exact) mass is 534 g/mol. The van der Waals surface area contributed by atoms with Gasteiger partial charge in [-0.2, -0.15) is 0 Å². The van der Waals surface area contributed by atoms with Crippen LogP contribution in [-0.2, 0) is 4.74 Å². The summed E-state index contributed by atoms with van der Waals surface area (Å²) in [6.07, 6.45) is 2.37. The van der Waals surface area contributed by atoms with Crippen LogP contribution in [0.2, 0.25) is 0 Å². The van der Waals surface area contributed by atoms with Gasteiger partial charge in [0.15, 0.2) is 5.96 Å². The van der Waals surface area contributed by atoms with Gasteiger partial charge in [-0.25, -0.2) is 0 Å². The van der Waals surface area contributed by atoms with E-state index in [0.717, 1.165) is 62.4 Å². The third-order valence-electron chi connectivity index (χ3n) is 5.43. The highest BCUT2D eigenvalue weighted by Crippen LogP contribution is 2.29. The van der Waals surface area contributed by atoms with E-state index in [1.54, 1.807) is 21.3 Å². The van der Waals surface area contributed by atoms with Crippen LogP contribution >= 0.6 is 24.0 Å². The number of hydrogen-bond acceptors (Lipinski definition) is 5. The first-order valence-electron chi connectivity index (χ1n) is 10.6. The Balaban J connectivity index is 0.00000450. The molecular formula is C22H39IN4O3. The number of aliphatic imine (C=N–C) groups is 1. The first-order chi connectivity index (χ1) is 14.1. The molecule has 0 saturated carbocycles. The smallest absolute Gasteiger partial charge is 0.191 e. The van der Waals surface area contributed by atoms with Crippen molar-refractivity contribution in [2.24, 2.45) is 10.9 Å². The first-order valence-corrected chi connectivity index (χ1v) is 10.6. The molecule has 1 heterocycles. The zero-order valence-corrected chi connectivity index (χ0v) is 21.4. The van der Waals surface area contributed by atoms with Crippen LogP contribution in [0.15, 0.2) is 23.2 Å². The van der Waals surface area contributed by atoms with Crippen molar-refractivity contribution in [3.8, 4) is 11.5 Å². The summed E-state index contributed by atoms with van der Waals surface area (Å²) in [5, 5.41) is 6.88. The third kappa shape index (κ3) is 8.47. The largest absolute Gasteiger partial charge is 0.497 e. The van der Waals surface area contributed by atoms with Crippen LogP contribution in [0, 0.1) is 5.92 Å². The standard InChI is InChI=1S/C22H38N4O3.HI/c1-6-23-22(24-16-18-9-11-26(12-10-18)13-14-27-3)25-17(2)20-15-19(28-4)7-8-21(20)29-5;/h7-8,15,17-18H,6,9-14,16H2,1-5H3,(H2,23,24,25);1H. The summed E-state index contributed by atoms with van der Waals surface area (Å²) in [5.74, 6) is 3.12. The molecular weight excluding hydrogens is 495 g/mol. The number of piperidine rings is 1.